The fourth-order valence-electron chi connectivity index (χ4n) is 0.819. The minimum absolute atomic E-state index is 0.0851. The first kappa shape index (κ1) is 13.1. The molecule has 0 N–H and O–H groups in total. The van der Waals surface area contributed by atoms with Crippen molar-refractivity contribution < 1.29 is 19.1 Å². The summed E-state index contributed by atoms with van der Waals surface area (Å²) in [5, 5.41) is 0. The molecule has 4 nitrogen and oxygen atoms in total. The van der Waals surface area contributed by atoms with Crippen LogP contribution >= 0.6 is 0 Å². The molecule has 0 aliphatic rings. The highest BCUT2D eigenvalue weighted by Gasteiger charge is 2.20. The summed E-state index contributed by atoms with van der Waals surface area (Å²) < 4.78 is 9.95. The van der Waals surface area contributed by atoms with E-state index >= 15 is 0 Å². The molecule has 0 aromatic heterocycles. The van der Waals surface area contributed by atoms with Gasteiger partial charge in [-0.3, -0.25) is 9.59 Å². The Labute approximate surface area is 84.6 Å². The molecule has 0 aromatic rings. The third kappa shape index (κ3) is 4.37. The molecule has 0 heterocycles. The second-order valence-electron chi connectivity index (χ2n) is 3.23. The van der Waals surface area contributed by atoms with Crippen molar-refractivity contribution in [1.82, 2.24) is 0 Å². The molecule has 2 atom stereocenters. The lowest BCUT2D eigenvalue weighted by Crippen LogP contribution is -2.26. The highest BCUT2D eigenvalue weighted by Crippen LogP contribution is 2.03. The van der Waals surface area contributed by atoms with E-state index in [0.717, 1.165) is 6.42 Å². The molecular formula is C10H18O4. The second-order valence-corrected chi connectivity index (χ2v) is 3.23. The number of rotatable bonds is 6. The fourth-order valence-corrected chi connectivity index (χ4v) is 0.819. The molecular weight excluding hydrogens is 184 g/mol. The summed E-state index contributed by atoms with van der Waals surface area (Å²) in [6.45, 7) is 5.07. The number of Topliss-reactive ketones (excluding diaryl/α,β-unsaturated/α-hetero) is 1. The van der Waals surface area contributed by atoms with Crippen LogP contribution in [0.2, 0.25) is 0 Å². The Morgan fingerprint density at radius 1 is 1.36 bits per heavy atom. The molecule has 0 aliphatic heterocycles. The first-order valence-corrected chi connectivity index (χ1v) is 4.72. The largest absolute Gasteiger partial charge is 0.462 e. The molecule has 4 heteroatoms. The summed E-state index contributed by atoms with van der Waals surface area (Å²) in [4.78, 5) is 22.1. The first-order chi connectivity index (χ1) is 6.52. The van der Waals surface area contributed by atoms with Crippen LogP contribution in [0.5, 0.6) is 0 Å². The molecule has 0 amide bonds. The molecule has 2 unspecified atom stereocenters. The van der Waals surface area contributed by atoms with Gasteiger partial charge in [0.1, 0.15) is 18.3 Å². The molecule has 0 saturated carbocycles. The number of methoxy groups -OCH3 is 1. The second kappa shape index (κ2) is 6.54. The molecule has 0 aliphatic carbocycles. The van der Waals surface area contributed by atoms with Gasteiger partial charge in [-0.05, 0) is 20.3 Å². The summed E-state index contributed by atoms with van der Waals surface area (Å²) in [6.07, 6.45) is 0.691. The minimum atomic E-state index is -0.677. The number of ether oxygens (including phenoxy) is 2. The van der Waals surface area contributed by atoms with E-state index < -0.39 is 11.9 Å². The fraction of sp³-hybridized carbons (Fsp3) is 0.800. The van der Waals surface area contributed by atoms with Crippen LogP contribution in [0.25, 0.3) is 0 Å². The number of carbonyl (C=O) groups excluding carboxylic acids is 2. The molecule has 0 bridgehead atoms. The van der Waals surface area contributed by atoms with Crippen LogP contribution in [-0.4, -0.2) is 31.6 Å². The normalized spacial score (nSPS) is 14.6. The van der Waals surface area contributed by atoms with Crippen LogP contribution in [0.15, 0.2) is 0 Å². The predicted molar refractivity (Wildman–Crippen MR) is 51.9 cm³/mol. The lowest BCUT2D eigenvalue weighted by molar-refractivity contribution is -0.154. The highest BCUT2D eigenvalue weighted by molar-refractivity contribution is 5.97. The van der Waals surface area contributed by atoms with E-state index in [1.54, 1.807) is 14.0 Å². The van der Waals surface area contributed by atoms with Crippen molar-refractivity contribution in [1.29, 1.82) is 0 Å². The molecule has 0 fully saturated rings. The Morgan fingerprint density at radius 3 is 2.29 bits per heavy atom. The lowest BCUT2D eigenvalue weighted by Gasteiger charge is -2.14. The van der Waals surface area contributed by atoms with Crippen molar-refractivity contribution >= 4 is 11.8 Å². The number of esters is 1. The molecule has 0 radical (unpaired) electrons. The number of hydrogen-bond acceptors (Lipinski definition) is 4. The van der Waals surface area contributed by atoms with Gasteiger partial charge in [-0.2, -0.15) is 0 Å². The Kier molecular flexibility index (Phi) is 6.12. The van der Waals surface area contributed by atoms with Crippen LogP contribution in [0.3, 0.4) is 0 Å². The van der Waals surface area contributed by atoms with Crippen LogP contribution in [-0.2, 0) is 19.1 Å². The number of carbonyl (C=O) groups is 2. The summed E-state index contributed by atoms with van der Waals surface area (Å²) in [5.41, 5.74) is 0. The van der Waals surface area contributed by atoms with Crippen LogP contribution in [0.1, 0.15) is 27.2 Å². The van der Waals surface area contributed by atoms with Crippen LogP contribution in [0, 0.1) is 5.92 Å². The monoisotopic (exact) mass is 202 g/mol. The molecule has 0 rings (SSSR count). The molecule has 14 heavy (non-hydrogen) atoms. The van der Waals surface area contributed by atoms with Crippen molar-refractivity contribution in [2.75, 3.05) is 13.7 Å². The van der Waals surface area contributed by atoms with Crippen molar-refractivity contribution in [2.24, 2.45) is 5.92 Å². The van der Waals surface area contributed by atoms with E-state index in [1.165, 1.54) is 6.92 Å². The quantitative estimate of drug-likeness (QED) is 0.479. The van der Waals surface area contributed by atoms with E-state index in [-0.39, 0.29) is 18.5 Å². The molecule has 0 spiro atoms. The van der Waals surface area contributed by atoms with Gasteiger partial charge in [0.25, 0.3) is 0 Å². The van der Waals surface area contributed by atoms with E-state index in [2.05, 4.69) is 0 Å². The van der Waals surface area contributed by atoms with Gasteiger partial charge >= 0.3 is 5.97 Å². The highest BCUT2D eigenvalue weighted by atomic mass is 16.6. The molecule has 82 valence electrons. The maximum Gasteiger partial charge on any atom is 0.316 e. The first-order valence-electron chi connectivity index (χ1n) is 4.72. The van der Waals surface area contributed by atoms with Gasteiger partial charge in [-0.15, -0.1) is 0 Å². The Bertz CT molecular complexity index is 196. The Hall–Kier alpha value is -0.900. The average molecular weight is 202 g/mol. The summed E-state index contributed by atoms with van der Waals surface area (Å²) in [6, 6.07) is 0. The van der Waals surface area contributed by atoms with Gasteiger partial charge in [-0.1, -0.05) is 6.92 Å². The average Bonchev–Trinajstić information content (AvgIpc) is 2.17. The lowest BCUT2D eigenvalue weighted by atomic mass is 10.1. The van der Waals surface area contributed by atoms with Crippen LogP contribution < -0.4 is 0 Å². The summed E-state index contributed by atoms with van der Waals surface area (Å²) in [5.74, 6) is -1.34. The van der Waals surface area contributed by atoms with Gasteiger partial charge in [0.05, 0.1) is 6.10 Å². The van der Waals surface area contributed by atoms with Crippen molar-refractivity contribution in [2.45, 2.75) is 33.3 Å². The molecule has 0 saturated heterocycles. The topological polar surface area (TPSA) is 52.6 Å². The standard InChI is InChI=1S/C10H18O4/c1-5-9(13-4)6-14-10(12)7(2)8(3)11/h7,9H,5-6H2,1-4H3. The van der Waals surface area contributed by atoms with Crippen molar-refractivity contribution in [3.05, 3.63) is 0 Å². The van der Waals surface area contributed by atoms with Gasteiger partial charge in [0.15, 0.2) is 0 Å². The van der Waals surface area contributed by atoms with Gasteiger partial charge in [0, 0.05) is 7.11 Å². The third-order valence-electron chi connectivity index (χ3n) is 2.16. The third-order valence-corrected chi connectivity index (χ3v) is 2.16. The van der Waals surface area contributed by atoms with Crippen molar-refractivity contribution in [3.63, 3.8) is 0 Å². The van der Waals surface area contributed by atoms with Crippen molar-refractivity contribution in [3.8, 4) is 0 Å². The summed E-state index contributed by atoms with van der Waals surface area (Å²) in [7, 11) is 1.57. The van der Waals surface area contributed by atoms with Crippen LogP contribution in [0.4, 0.5) is 0 Å². The number of hydrogen-bond donors (Lipinski definition) is 0. The maximum atomic E-state index is 11.2. The minimum Gasteiger partial charge on any atom is -0.462 e. The molecule has 0 aromatic carbocycles. The van der Waals surface area contributed by atoms with Gasteiger partial charge in [-0.25, -0.2) is 0 Å². The van der Waals surface area contributed by atoms with E-state index in [0.29, 0.717) is 0 Å². The zero-order valence-electron chi connectivity index (χ0n) is 9.20. The summed E-state index contributed by atoms with van der Waals surface area (Å²) >= 11 is 0. The zero-order valence-corrected chi connectivity index (χ0v) is 9.20. The van der Waals surface area contributed by atoms with E-state index in [9.17, 15) is 9.59 Å². The van der Waals surface area contributed by atoms with E-state index in [4.69, 9.17) is 9.47 Å². The van der Waals surface area contributed by atoms with Gasteiger partial charge < -0.3 is 9.47 Å². The number of ketones is 1. The smallest absolute Gasteiger partial charge is 0.316 e. The maximum absolute atomic E-state index is 11.2. The predicted octanol–water partition coefficient (Wildman–Crippen LogP) is 1.18. The Balaban J connectivity index is 3.89. The van der Waals surface area contributed by atoms with E-state index in [1.807, 2.05) is 6.92 Å². The SMILES string of the molecule is CCC(COC(=O)C(C)C(C)=O)OC. The Morgan fingerprint density at radius 2 is 1.93 bits per heavy atom. The van der Waals surface area contributed by atoms with Gasteiger partial charge in [0.2, 0.25) is 0 Å². The zero-order chi connectivity index (χ0) is 11.1.